The van der Waals surface area contributed by atoms with Gasteiger partial charge in [-0.3, -0.25) is 4.55 Å². The molecule has 0 amide bonds. The topological polar surface area (TPSA) is 89.9 Å². The Bertz CT molecular complexity index is 417. The van der Waals surface area contributed by atoms with Gasteiger partial charge in [-0.1, -0.05) is 6.92 Å². The molecule has 0 aromatic carbocycles. The number of carbonyl (C=O) groups is 1. The van der Waals surface area contributed by atoms with E-state index in [-0.39, 0.29) is 12.5 Å². The predicted molar refractivity (Wildman–Crippen MR) is 58.1 cm³/mol. The van der Waals surface area contributed by atoms with Gasteiger partial charge in [0, 0.05) is 6.42 Å². The molecule has 1 heterocycles. The average molecular weight is 264 g/mol. The standard InChI is InChI=1S/C10H16O6S/c1-7-2-4-10(6-7,17(12,13)14)8-3-5-15-9(11)16-8/h7-8H,2-6H2,1H3,(H,12,13,14). The van der Waals surface area contributed by atoms with Crippen molar-refractivity contribution in [3.63, 3.8) is 0 Å². The maximum absolute atomic E-state index is 11.6. The fourth-order valence-electron chi connectivity index (χ4n) is 2.81. The molecule has 0 radical (unpaired) electrons. The Morgan fingerprint density at radius 1 is 1.41 bits per heavy atom. The third kappa shape index (κ3) is 2.13. The van der Waals surface area contributed by atoms with Crippen LogP contribution in [0.2, 0.25) is 0 Å². The third-order valence-corrected chi connectivity index (χ3v) is 5.35. The normalized spacial score (nSPS) is 38.6. The Kier molecular flexibility index (Phi) is 3.07. The van der Waals surface area contributed by atoms with Gasteiger partial charge in [0.1, 0.15) is 10.9 Å². The summed E-state index contributed by atoms with van der Waals surface area (Å²) in [6, 6.07) is 0. The highest BCUT2D eigenvalue weighted by Gasteiger charge is 2.56. The highest BCUT2D eigenvalue weighted by atomic mass is 32.2. The lowest BCUT2D eigenvalue weighted by Gasteiger charge is -2.35. The van der Waals surface area contributed by atoms with Gasteiger partial charge >= 0.3 is 6.16 Å². The maximum atomic E-state index is 11.6. The van der Waals surface area contributed by atoms with Crippen LogP contribution in [0.3, 0.4) is 0 Å². The molecule has 1 saturated heterocycles. The van der Waals surface area contributed by atoms with Gasteiger partial charge in [0.25, 0.3) is 10.1 Å². The van der Waals surface area contributed by atoms with Gasteiger partial charge in [0.2, 0.25) is 0 Å². The first-order chi connectivity index (χ1) is 7.85. The van der Waals surface area contributed by atoms with Crippen LogP contribution in [0.25, 0.3) is 0 Å². The highest BCUT2D eigenvalue weighted by molar-refractivity contribution is 7.87. The third-order valence-electron chi connectivity index (χ3n) is 3.69. The van der Waals surface area contributed by atoms with Crippen molar-refractivity contribution in [1.82, 2.24) is 0 Å². The van der Waals surface area contributed by atoms with Crippen molar-refractivity contribution in [1.29, 1.82) is 0 Å². The molecule has 2 rings (SSSR count). The van der Waals surface area contributed by atoms with E-state index in [4.69, 9.17) is 4.74 Å². The number of ether oxygens (including phenoxy) is 2. The van der Waals surface area contributed by atoms with Crippen molar-refractivity contribution in [2.24, 2.45) is 5.92 Å². The average Bonchev–Trinajstić information content (AvgIpc) is 2.61. The zero-order valence-corrected chi connectivity index (χ0v) is 10.4. The van der Waals surface area contributed by atoms with Crippen LogP contribution in [-0.2, 0) is 19.6 Å². The van der Waals surface area contributed by atoms with E-state index in [2.05, 4.69) is 4.74 Å². The van der Waals surface area contributed by atoms with Gasteiger partial charge in [0.05, 0.1) is 6.61 Å². The summed E-state index contributed by atoms with van der Waals surface area (Å²) in [4.78, 5) is 11.1. The Morgan fingerprint density at radius 2 is 2.12 bits per heavy atom. The quantitative estimate of drug-likeness (QED) is 0.598. The molecule has 6 nitrogen and oxygen atoms in total. The van der Waals surface area contributed by atoms with Crippen LogP contribution in [0.5, 0.6) is 0 Å². The number of cyclic esters (lactones) is 2. The van der Waals surface area contributed by atoms with Crippen molar-refractivity contribution in [3.05, 3.63) is 0 Å². The fourth-order valence-corrected chi connectivity index (χ4v) is 4.18. The molecule has 17 heavy (non-hydrogen) atoms. The Hall–Kier alpha value is -0.820. The van der Waals surface area contributed by atoms with Crippen LogP contribution in [0.15, 0.2) is 0 Å². The van der Waals surface area contributed by atoms with E-state index in [1.54, 1.807) is 0 Å². The summed E-state index contributed by atoms with van der Waals surface area (Å²) in [5, 5.41) is 0. The van der Waals surface area contributed by atoms with Crippen molar-refractivity contribution < 1.29 is 27.2 Å². The second kappa shape index (κ2) is 4.13. The molecule has 1 aliphatic heterocycles. The Labute approximate surface area is 100 Å². The molecule has 3 unspecified atom stereocenters. The second-order valence-corrected chi connectivity index (χ2v) is 6.64. The zero-order valence-electron chi connectivity index (χ0n) is 9.59. The summed E-state index contributed by atoms with van der Waals surface area (Å²) in [5.74, 6) is 0.193. The molecular weight excluding hydrogens is 248 g/mol. The van der Waals surface area contributed by atoms with E-state index >= 15 is 0 Å². The largest absolute Gasteiger partial charge is 0.508 e. The van der Waals surface area contributed by atoms with E-state index in [0.717, 1.165) is 0 Å². The molecule has 1 aliphatic carbocycles. The molecule has 1 saturated carbocycles. The molecular formula is C10H16O6S. The monoisotopic (exact) mass is 264 g/mol. The van der Waals surface area contributed by atoms with Gasteiger partial charge in [-0.05, 0) is 25.2 Å². The van der Waals surface area contributed by atoms with Gasteiger partial charge in [-0.15, -0.1) is 0 Å². The van der Waals surface area contributed by atoms with E-state index in [9.17, 15) is 17.8 Å². The van der Waals surface area contributed by atoms with Gasteiger partial charge in [-0.2, -0.15) is 8.42 Å². The molecule has 0 bridgehead atoms. The van der Waals surface area contributed by atoms with E-state index in [0.29, 0.717) is 25.7 Å². The lowest BCUT2D eigenvalue weighted by Crippen LogP contribution is -2.51. The summed E-state index contributed by atoms with van der Waals surface area (Å²) in [5.41, 5.74) is 0. The first-order valence-electron chi connectivity index (χ1n) is 5.65. The van der Waals surface area contributed by atoms with Crippen molar-refractivity contribution in [2.75, 3.05) is 6.61 Å². The van der Waals surface area contributed by atoms with E-state index in [1.165, 1.54) is 0 Å². The molecule has 1 N–H and O–H groups in total. The first-order valence-corrected chi connectivity index (χ1v) is 7.09. The first kappa shape index (κ1) is 12.6. The Morgan fingerprint density at radius 3 is 2.59 bits per heavy atom. The van der Waals surface area contributed by atoms with Crippen molar-refractivity contribution in [3.8, 4) is 0 Å². The van der Waals surface area contributed by atoms with Gasteiger partial charge in [0.15, 0.2) is 0 Å². The minimum Gasteiger partial charge on any atom is -0.434 e. The lowest BCUT2D eigenvalue weighted by molar-refractivity contribution is -0.0388. The summed E-state index contributed by atoms with van der Waals surface area (Å²) < 4.78 is 40.9. The number of rotatable bonds is 2. The molecule has 7 heteroatoms. The molecule has 2 aliphatic rings. The summed E-state index contributed by atoms with van der Waals surface area (Å²) in [6.07, 6.45) is -0.00526. The molecule has 98 valence electrons. The van der Waals surface area contributed by atoms with Crippen LogP contribution in [0, 0.1) is 5.92 Å². The van der Waals surface area contributed by atoms with Crippen LogP contribution < -0.4 is 0 Å². The van der Waals surface area contributed by atoms with Crippen LogP contribution >= 0.6 is 0 Å². The SMILES string of the molecule is CC1CCC(C2CCOC(=O)O2)(S(=O)(=O)O)C1. The molecule has 0 aromatic heterocycles. The lowest BCUT2D eigenvalue weighted by atomic mass is 9.95. The van der Waals surface area contributed by atoms with Crippen LogP contribution in [0.4, 0.5) is 4.79 Å². The minimum atomic E-state index is -4.25. The summed E-state index contributed by atoms with van der Waals surface area (Å²) >= 11 is 0. The zero-order chi connectivity index (χ0) is 12.7. The molecule has 3 atom stereocenters. The van der Waals surface area contributed by atoms with Crippen LogP contribution in [0.1, 0.15) is 32.6 Å². The predicted octanol–water partition coefficient (Wildman–Crippen LogP) is 1.36. The molecule has 0 aromatic rings. The minimum absolute atomic E-state index is 0.134. The van der Waals surface area contributed by atoms with Crippen molar-refractivity contribution in [2.45, 2.75) is 43.5 Å². The highest BCUT2D eigenvalue weighted by Crippen LogP contribution is 2.45. The van der Waals surface area contributed by atoms with Crippen molar-refractivity contribution >= 4 is 16.3 Å². The smallest absolute Gasteiger partial charge is 0.434 e. The summed E-state index contributed by atoms with van der Waals surface area (Å²) in [6.45, 7) is 2.06. The number of hydrogen-bond donors (Lipinski definition) is 1. The van der Waals surface area contributed by atoms with Crippen LogP contribution in [-0.4, -0.2) is 36.6 Å². The number of carbonyl (C=O) groups excluding carboxylic acids is 1. The van der Waals surface area contributed by atoms with Gasteiger partial charge < -0.3 is 9.47 Å². The summed E-state index contributed by atoms with van der Waals surface area (Å²) in [7, 11) is -4.25. The van der Waals surface area contributed by atoms with E-state index in [1.807, 2.05) is 6.92 Å². The Balaban J connectivity index is 2.31. The maximum Gasteiger partial charge on any atom is 0.508 e. The molecule has 2 fully saturated rings. The second-order valence-electron chi connectivity index (χ2n) is 4.88. The van der Waals surface area contributed by atoms with Gasteiger partial charge in [-0.25, -0.2) is 4.79 Å². The van der Waals surface area contributed by atoms with E-state index < -0.39 is 27.1 Å². The molecule has 0 spiro atoms. The number of hydrogen-bond acceptors (Lipinski definition) is 5. The fraction of sp³-hybridized carbons (Fsp3) is 0.900.